The van der Waals surface area contributed by atoms with E-state index in [0.717, 1.165) is 109 Å². The van der Waals surface area contributed by atoms with Crippen LogP contribution < -0.4 is 37.9 Å². The van der Waals surface area contributed by atoms with Crippen molar-refractivity contribution >= 4 is 48.4 Å². The van der Waals surface area contributed by atoms with Gasteiger partial charge in [0, 0.05) is 78.9 Å². The Kier molecular flexibility index (Phi) is 45.3. The number of amides is 2. The van der Waals surface area contributed by atoms with Gasteiger partial charge < -0.3 is 56.2 Å². The number of halogens is 1. The molecule has 0 saturated carbocycles. The van der Waals surface area contributed by atoms with Crippen molar-refractivity contribution in [2.24, 2.45) is 0 Å². The third-order valence-electron chi connectivity index (χ3n) is 17.1. The van der Waals surface area contributed by atoms with Crippen LogP contribution in [0.4, 0.5) is 10.5 Å². The Balaban J connectivity index is 0.0000226. The Hall–Kier alpha value is -5.03. The summed E-state index contributed by atoms with van der Waals surface area (Å²) in [7, 11) is -4.69. The Labute approximate surface area is 565 Å². The molecule has 3 N–H and O–H groups in total. The third kappa shape index (κ3) is 34.5. The number of carbonyl (C=O) groups is 4. The van der Waals surface area contributed by atoms with Crippen LogP contribution in [0.3, 0.4) is 0 Å². The molecular weight excluding hydrogens is 1220 g/mol. The summed E-state index contributed by atoms with van der Waals surface area (Å²) >= 11 is 0. The first-order valence-electron chi connectivity index (χ1n) is 36.0. The number of nitrogens with one attached hydrogen (secondary N) is 2. The van der Waals surface area contributed by atoms with Gasteiger partial charge in [-0.05, 0) is 70.4 Å². The maximum Gasteiger partial charge on any atom is 0.472 e. The summed E-state index contributed by atoms with van der Waals surface area (Å²) in [5, 5.41) is 7.39. The molecule has 2 amide bonds. The molecule has 2 aromatic rings. The summed E-state index contributed by atoms with van der Waals surface area (Å²) in [6, 6.07) is 20.1. The number of nitrogens with zero attached hydrogens (tertiary/aromatic N) is 2. The summed E-state index contributed by atoms with van der Waals surface area (Å²) in [5.41, 5.74) is 4.84. The highest BCUT2D eigenvalue weighted by Crippen LogP contribution is 2.44. The monoisotopic (exact) mass is 1340 g/mol. The number of anilines is 1. The predicted molar refractivity (Wildman–Crippen MR) is 372 cm³/mol. The van der Waals surface area contributed by atoms with Crippen LogP contribution in [0.1, 0.15) is 257 Å². The first kappa shape index (κ1) is 82.2. The number of carbonyl (C=O) groups excluding carboxylic acids is 4. The Morgan fingerprint density at radius 3 is 1.62 bits per heavy atom. The third-order valence-corrected chi connectivity index (χ3v) is 18.1. The highest BCUT2D eigenvalue weighted by molar-refractivity contribution is 7.47. The zero-order valence-electron chi connectivity index (χ0n) is 58.0. The van der Waals surface area contributed by atoms with Gasteiger partial charge in [-0.3, -0.25) is 23.4 Å². The fourth-order valence-corrected chi connectivity index (χ4v) is 12.5. The molecule has 2 aliphatic rings. The second-order valence-electron chi connectivity index (χ2n) is 24.5. The van der Waals surface area contributed by atoms with Crippen molar-refractivity contribution in [1.29, 1.82) is 0 Å². The van der Waals surface area contributed by atoms with E-state index in [1.807, 2.05) is 24.3 Å². The summed E-state index contributed by atoms with van der Waals surface area (Å²) < 4.78 is 54.2. The molecule has 0 spiro atoms. The molecule has 0 aromatic heterocycles. The van der Waals surface area contributed by atoms with Crippen molar-refractivity contribution < 1.29 is 73.5 Å². The minimum absolute atomic E-state index is 0. The standard InChI is InChI=1S/C74H119N4O13P.ClH/c1-7-13-15-17-19-21-23-25-27-29-31-33-35-37-39-45-70(79)87-59-63(90-71(80)46-40-38-36-34-32-30-28-26-24-22-20-18-16-14-8-2)60-89-92(83,84)88-54-52-76-74(82)86-56-55-85-53-51-75-73(81)65-44-42-41-43-64(65)72-66-49-47-61(77(9-3)10-4)57-68(66)91-69-58-62(48-50-67(69)72)78(11-5)12-6;/h41-44,47-50,57-58,63H,7-40,45-46,51-56,59-60H2,1-6H3,(H2-,75,76,81,82,83,84);1H/t63-;/m0./s1. The van der Waals surface area contributed by atoms with E-state index in [-0.39, 0.29) is 70.7 Å². The van der Waals surface area contributed by atoms with E-state index in [0.29, 0.717) is 18.4 Å². The van der Waals surface area contributed by atoms with Crippen LogP contribution in [0.15, 0.2) is 65.1 Å². The number of benzene rings is 3. The van der Waals surface area contributed by atoms with Crippen molar-refractivity contribution in [3.05, 3.63) is 71.6 Å². The summed E-state index contributed by atoms with van der Waals surface area (Å²) in [5.74, 6) is -0.486. The summed E-state index contributed by atoms with van der Waals surface area (Å²) in [4.78, 5) is 65.0. The van der Waals surface area contributed by atoms with E-state index >= 15 is 0 Å². The van der Waals surface area contributed by atoms with Crippen molar-refractivity contribution in [2.45, 2.75) is 253 Å². The van der Waals surface area contributed by atoms with Gasteiger partial charge in [0.1, 0.15) is 37.6 Å². The largest absolute Gasteiger partial charge is 1.00 e. The van der Waals surface area contributed by atoms with Crippen molar-refractivity contribution in [1.82, 2.24) is 15.2 Å². The molecule has 0 fully saturated rings. The molecule has 1 aliphatic heterocycles. The number of ether oxygens (including phenoxy) is 4. The molecule has 2 atom stereocenters. The maximum atomic E-state index is 13.9. The second kappa shape index (κ2) is 51.3. The fraction of sp³-hybridized carbons (Fsp3) is 0.689. The number of unbranched alkanes of at least 4 members (excludes halogenated alkanes) is 28. The molecule has 1 heterocycles. The van der Waals surface area contributed by atoms with Gasteiger partial charge in [-0.2, -0.15) is 0 Å². The van der Waals surface area contributed by atoms with E-state index in [1.165, 1.54) is 141 Å². The molecule has 1 unspecified atom stereocenters. The molecule has 93 heavy (non-hydrogen) atoms. The average molecular weight is 1340 g/mol. The molecule has 2 aromatic carbocycles. The SMILES string of the molecule is CCCCCCCCCCCCCCCCCC(=O)OC[C@@H](COP(=O)(O)OCCNC(=O)OCCOCCNC(=O)c1ccccc1-c1c2ccc(=[N+](CC)CC)cc-2oc2cc(N(CC)CC)ccc12)OC(=O)CCCCCCCCCCCCCCCCC.[Cl-]. The van der Waals surface area contributed by atoms with Crippen LogP contribution in [-0.4, -0.2) is 114 Å². The minimum atomic E-state index is -4.69. The number of hydrogen-bond donors (Lipinski definition) is 3. The fourth-order valence-electron chi connectivity index (χ4n) is 11.7. The minimum Gasteiger partial charge on any atom is -1.00 e. The number of rotatable bonds is 55. The number of alkyl carbamates (subject to hydrolysis) is 1. The number of fused-ring (bicyclic) bond motifs is 2. The topological polar surface area (TPSA) is 204 Å². The van der Waals surface area contributed by atoms with E-state index in [4.69, 9.17) is 32.4 Å². The van der Waals surface area contributed by atoms with Gasteiger partial charge in [0.05, 0.1) is 32.5 Å². The molecule has 19 heteroatoms. The van der Waals surface area contributed by atoms with Gasteiger partial charge in [-0.25, -0.2) is 13.9 Å². The summed E-state index contributed by atoms with van der Waals surface area (Å²) in [6.45, 7) is 15.2. The molecular formula is C74H120ClN4O13P. The first-order chi connectivity index (χ1) is 44.9. The van der Waals surface area contributed by atoms with E-state index in [1.54, 1.807) is 0 Å². The van der Waals surface area contributed by atoms with Crippen molar-refractivity contribution in [2.75, 3.05) is 83.8 Å². The summed E-state index contributed by atoms with van der Waals surface area (Å²) in [6.07, 6.45) is 34.8. The van der Waals surface area contributed by atoms with Gasteiger partial charge in [0.2, 0.25) is 5.36 Å². The van der Waals surface area contributed by atoms with Gasteiger partial charge in [0.25, 0.3) is 5.91 Å². The zero-order valence-corrected chi connectivity index (χ0v) is 59.7. The lowest BCUT2D eigenvalue weighted by atomic mass is 9.90. The Morgan fingerprint density at radius 2 is 1.08 bits per heavy atom. The first-order valence-corrected chi connectivity index (χ1v) is 37.5. The molecule has 1 aliphatic carbocycles. The van der Waals surface area contributed by atoms with Gasteiger partial charge in [-0.15, -0.1) is 0 Å². The van der Waals surface area contributed by atoms with E-state index < -0.39 is 45.2 Å². The Morgan fingerprint density at radius 1 is 0.548 bits per heavy atom. The average Bonchev–Trinajstić information content (AvgIpc) is 0.750. The van der Waals surface area contributed by atoms with Crippen molar-refractivity contribution in [3.63, 3.8) is 0 Å². The molecule has 4 rings (SSSR count). The number of hydrogen-bond acceptors (Lipinski definition) is 13. The zero-order chi connectivity index (χ0) is 66.3. The van der Waals surface area contributed by atoms with Crippen LogP contribution in [-0.2, 0) is 42.1 Å². The predicted octanol–water partition coefficient (Wildman–Crippen LogP) is 14.5. The number of phosphoric ester groups is 1. The Bertz CT molecular complexity index is 2750. The lowest BCUT2D eigenvalue weighted by Gasteiger charge is -2.22. The van der Waals surface area contributed by atoms with Gasteiger partial charge >= 0.3 is 25.9 Å². The molecule has 17 nitrogen and oxygen atoms in total. The lowest BCUT2D eigenvalue weighted by Crippen LogP contribution is -3.00. The molecule has 0 radical (unpaired) electrons. The van der Waals surface area contributed by atoms with Gasteiger partial charge in [0.15, 0.2) is 6.10 Å². The highest BCUT2D eigenvalue weighted by atomic mass is 35.5. The van der Waals surface area contributed by atoms with Crippen molar-refractivity contribution in [3.8, 4) is 22.5 Å². The van der Waals surface area contributed by atoms with Crippen LogP contribution >= 0.6 is 7.82 Å². The normalized spacial score (nSPS) is 12.3. The van der Waals surface area contributed by atoms with Crippen LogP contribution in [0.5, 0.6) is 0 Å². The lowest BCUT2D eigenvalue weighted by molar-refractivity contribution is -0.161. The van der Waals surface area contributed by atoms with E-state index in [9.17, 15) is 28.6 Å². The number of phosphoric acid groups is 1. The highest BCUT2D eigenvalue weighted by Gasteiger charge is 2.27. The molecule has 0 saturated heterocycles. The molecule has 526 valence electrons. The second-order valence-corrected chi connectivity index (χ2v) is 25.9. The smallest absolute Gasteiger partial charge is 0.472 e. The number of esters is 2. The van der Waals surface area contributed by atoms with E-state index in [2.05, 4.69) is 98.0 Å². The van der Waals surface area contributed by atoms with Gasteiger partial charge in [-0.1, -0.05) is 212 Å². The van der Waals surface area contributed by atoms with Crippen LogP contribution in [0.2, 0.25) is 0 Å². The molecule has 0 bridgehead atoms. The van der Waals surface area contributed by atoms with Crippen LogP contribution in [0.25, 0.3) is 33.4 Å². The quantitative estimate of drug-likeness (QED) is 0.00940. The maximum absolute atomic E-state index is 13.9. The van der Waals surface area contributed by atoms with Crippen LogP contribution in [0, 0.1) is 0 Å².